The first-order valence-electron chi connectivity index (χ1n) is 11.3. The zero-order valence-corrected chi connectivity index (χ0v) is 20.2. The fraction of sp³-hybridized carbons (Fsp3) is 0.480. The number of primary amides is 1. The molecule has 8 heteroatoms. The minimum absolute atomic E-state index is 0.197. The summed E-state index contributed by atoms with van der Waals surface area (Å²) in [6.45, 7) is 7.79. The van der Waals surface area contributed by atoms with Crippen molar-refractivity contribution in [1.29, 1.82) is 0 Å². The number of fused-ring (bicyclic) bond motifs is 1. The van der Waals surface area contributed by atoms with Crippen molar-refractivity contribution in [2.45, 2.75) is 59.4 Å². The molecule has 7 N–H and O–H groups in total. The maximum Gasteiger partial charge on any atom is 0.240 e. The van der Waals surface area contributed by atoms with Gasteiger partial charge in [0, 0.05) is 23.0 Å². The number of terminal acetylenes is 1. The number of aromatic amines is 1. The maximum atomic E-state index is 12.3. The molecule has 8 nitrogen and oxygen atoms in total. The molecular weight excluding hydrogens is 418 g/mol. The van der Waals surface area contributed by atoms with E-state index in [1.165, 1.54) is 0 Å². The number of benzene rings is 1. The second-order valence-electron chi connectivity index (χ2n) is 7.28. The van der Waals surface area contributed by atoms with Crippen LogP contribution in [0, 0.1) is 18.3 Å². The van der Waals surface area contributed by atoms with Gasteiger partial charge < -0.3 is 27.1 Å². The Balaban J connectivity index is 0.00000189. The number of hydrogen-bond acceptors (Lipinski definition) is 4. The van der Waals surface area contributed by atoms with Gasteiger partial charge in [-0.2, -0.15) is 0 Å². The smallest absolute Gasteiger partial charge is 0.240 e. The van der Waals surface area contributed by atoms with E-state index in [-0.39, 0.29) is 18.4 Å². The van der Waals surface area contributed by atoms with Gasteiger partial charge in [0.25, 0.3) is 0 Å². The number of amides is 3. The average molecular weight is 458 g/mol. The number of para-hydroxylation sites is 1. The van der Waals surface area contributed by atoms with Crippen LogP contribution >= 0.6 is 0 Å². The van der Waals surface area contributed by atoms with Crippen molar-refractivity contribution in [2.75, 3.05) is 13.1 Å². The highest BCUT2D eigenvalue weighted by atomic mass is 16.2. The summed E-state index contributed by atoms with van der Waals surface area (Å²) in [5.41, 5.74) is 12.8. The second kappa shape index (κ2) is 17.3. The molecular formula is C25H39N5O3. The molecule has 0 bridgehead atoms. The van der Waals surface area contributed by atoms with Gasteiger partial charge in [-0.05, 0) is 50.8 Å². The summed E-state index contributed by atoms with van der Waals surface area (Å²) in [6, 6.07) is 7.15. The molecule has 1 heterocycles. The Morgan fingerprint density at radius 3 is 2.42 bits per heavy atom. The number of nitrogens with one attached hydrogen (secondary N) is 3. The van der Waals surface area contributed by atoms with E-state index in [1.807, 2.05) is 51.2 Å². The second-order valence-corrected chi connectivity index (χ2v) is 7.28. The number of rotatable bonds is 11. The number of H-pyrrole nitrogens is 1. The largest absolute Gasteiger partial charge is 0.368 e. The highest BCUT2D eigenvalue weighted by molar-refractivity contribution is 5.90. The molecule has 0 spiro atoms. The summed E-state index contributed by atoms with van der Waals surface area (Å²) in [6.07, 6.45) is 8.93. The number of unbranched alkanes of at least 4 members (excludes halogenated alkanes) is 1. The Hall–Kier alpha value is -3.31. The number of nitrogens with two attached hydrogens (primary N) is 2. The highest BCUT2D eigenvalue weighted by Gasteiger charge is 2.20. The van der Waals surface area contributed by atoms with Crippen molar-refractivity contribution in [1.82, 2.24) is 15.6 Å². The van der Waals surface area contributed by atoms with Crippen LogP contribution in [0.15, 0.2) is 30.5 Å². The molecule has 0 saturated carbocycles. The van der Waals surface area contributed by atoms with Gasteiger partial charge >= 0.3 is 0 Å². The van der Waals surface area contributed by atoms with Crippen LogP contribution in [-0.4, -0.2) is 41.8 Å². The van der Waals surface area contributed by atoms with Crippen LogP contribution in [-0.2, 0) is 20.8 Å². The Bertz CT molecular complexity index is 901. The summed E-state index contributed by atoms with van der Waals surface area (Å²) in [4.78, 5) is 39.0. The van der Waals surface area contributed by atoms with Crippen molar-refractivity contribution < 1.29 is 14.4 Å². The minimum atomic E-state index is -0.750. The molecule has 0 saturated heterocycles. The third-order valence-corrected chi connectivity index (χ3v) is 4.70. The van der Waals surface area contributed by atoms with E-state index in [4.69, 9.17) is 11.5 Å². The van der Waals surface area contributed by atoms with Crippen molar-refractivity contribution in [3.8, 4) is 12.3 Å². The van der Waals surface area contributed by atoms with Crippen LogP contribution in [0.4, 0.5) is 0 Å². The van der Waals surface area contributed by atoms with E-state index in [1.54, 1.807) is 6.92 Å². The van der Waals surface area contributed by atoms with Gasteiger partial charge in [-0.15, -0.1) is 12.3 Å². The Morgan fingerprint density at radius 2 is 1.82 bits per heavy atom. The third kappa shape index (κ3) is 11.2. The first kappa shape index (κ1) is 29.7. The fourth-order valence-electron chi connectivity index (χ4n) is 3.09. The monoisotopic (exact) mass is 457 g/mol. The normalized spacial score (nSPS) is 11.5. The first-order valence-corrected chi connectivity index (χ1v) is 11.3. The van der Waals surface area contributed by atoms with E-state index in [0.717, 1.165) is 22.9 Å². The minimum Gasteiger partial charge on any atom is -0.368 e. The predicted molar refractivity (Wildman–Crippen MR) is 134 cm³/mol. The van der Waals surface area contributed by atoms with Crippen molar-refractivity contribution in [2.24, 2.45) is 17.4 Å². The number of hydrogen-bond donors (Lipinski definition) is 5. The molecule has 182 valence electrons. The molecule has 0 aliphatic heterocycles. The molecule has 0 aliphatic rings. The van der Waals surface area contributed by atoms with Crippen molar-refractivity contribution in [3.63, 3.8) is 0 Å². The van der Waals surface area contributed by atoms with Crippen LogP contribution in [0.25, 0.3) is 10.9 Å². The van der Waals surface area contributed by atoms with E-state index < -0.39 is 17.9 Å². The topological polar surface area (TPSA) is 143 Å². The number of aromatic nitrogens is 1. The van der Waals surface area contributed by atoms with E-state index in [0.29, 0.717) is 25.8 Å². The van der Waals surface area contributed by atoms with E-state index >= 15 is 0 Å². The van der Waals surface area contributed by atoms with Crippen LogP contribution in [0.2, 0.25) is 0 Å². The van der Waals surface area contributed by atoms with Gasteiger partial charge in [0.2, 0.25) is 17.7 Å². The van der Waals surface area contributed by atoms with Gasteiger partial charge in [0.05, 0.1) is 6.54 Å². The Morgan fingerprint density at radius 1 is 1.18 bits per heavy atom. The third-order valence-electron chi connectivity index (χ3n) is 4.70. The Kier molecular flexibility index (Phi) is 15.5. The van der Waals surface area contributed by atoms with Crippen LogP contribution in [0.1, 0.15) is 52.5 Å². The number of carbonyl (C=O) groups is 3. The van der Waals surface area contributed by atoms with Crippen molar-refractivity contribution in [3.05, 3.63) is 36.0 Å². The lowest BCUT2D eigenvalue weighted by atomic mass is 10.00. The molecule has 2 aromatic rings. The molecule has 3 amide bonds. The van der Waals surface area contributed by atoms with Crippen LogP contribution in [0.3, 0.4) is 0 Å². The van der Waals surface area contributed by atoms with E-state index in [9.17, 15) is 14.4 Å². The average Bonchev–Trinajstić information content (AvgIpc) is 3.21. The van der Waals surface area contributed by atoms with E-state index in [2.05, 4.69) is 28.0 Å². The summed E-state index contributed by atoms with van der Waals surface area (Å²) < 4.78 is 0. The molecule has 2 rings (SSSR count). The quantitative estimate of drug-likeness (QED) is 0.260. The standard InChI is InChI=1S/C20H29N5O3.C3H4.C2H6/c1-13(10-14-11-23-16-7-3-2-6-15(14)16)20(28)24-12-18(26)25-17(19(22)27)8-4-5-9-21;1-3-2;1-2/h2-3,6-7,11,13,17,23H,4-5,8-10,12,21H2,1H3,(H2,22,27)(H,24,28)(H,25,26);1H,2H3;1-2H3. The SMILES string of the molecule is C#CC.CC.CC(Cc1c[nH]c2ccccc12)C(=O)NCC(=O)NC(CCCCN)C(N)=O. The van der Waals surface area contributed by atoms with Crippen molar-refractivity contribution >= 4 is 28.6 Å². The molecule has 2 atom stereocenters. The summed E-state index contributed by atoms with van der Waals surface area (Å²) >= 11 is 0. The van der Waals surface area contributed by atoms with Gasteiger partial charge in [0.15, 0.2) is 0 Å². The molecule has 0 radical (unpaired) electrons. The zero-order chi connectivity index (χ0) is 25.2. The lowest BCUT2D eigenvalue weighted by Gasteiger charge is -2.16. The van der Waals surface area contributed by atoms with Crippen LogP contribution < -0.4 is 22.1 Å². The summed E-state index contributed by atoms with van der Waals surface area (Å²) in [5, 5.41) is 6.27. The lowest BCUT2D eigenvalue weighted by Crippen LogP contribution is -2.48. The summed E-state index contributed by atoms with van der Waals surface area (Å²) in [7, 11) is 0. The molecule has 0 aliphatic carbocycles. The fourth-order valence-corrected chi connectivity index (χ4v) is 3.09. The summed E-state index contributed by atoms with van der Waals surface area (Å²) in [5.74, 6) is 0.691. The van der Waals surface area contributed by atoms with Gasteiger partial charge in [-0.1, -0.05) is 39.0 Å². The molecule has 33 heavy (non-hydrogen) atoms. The highest BCUT2D eigenvalue weighted by Crippen LogP contribution is 2.20. The van der Waals surface area contributed by atoms with Gasteiger partial charge in [-0.25, -0.2) is 0 Å². The molecule has 1 aromatic carbocycles. The first-order chi connectivity index (χ1) is 15.8. The molecule has 0 fully saturated rings. The molecule has 2 unspecified atom stereocenters. The maximum absolute atomic E-state index is 12.3. The number of carbonyl (C=O) groups excluding carboxylic acids is 3. The van der Waals surface area contributed by atoms with Crippen LogP contribution in [0.5, 0.6) is 0 Å². The van der Waals surface area contributed by atoms with Gasteiger partial charge in [0.1, 0.15) is 6.04 Å². The zero-order valence-electron chi connectivity index (χ0n) is 20.2. The Labute approximate surface area is 197 Å². The van der Waals surface area contributed by atoms with Gasteiger partial charge in [-0.3, -0.25) is 14.4 Å². The predicted octanol–water partition coefficient (Wildman–Crippen LogP) is 2.23. The lowest BCUT2D eigenvalue weighted by molar-refractivity contribution is -0.129. The molecule has 1 aromatic heterocycles.